The number of nitrogens with two attached hydrogens (primary N) is 2. The van der Waals surface area contributed by atoms with Crippen LogP contribution in [0.2, 0.25) is 0 Å². The number of benzene rings is 1. The summed E-state index contributed by atoms with van der Waals surface area (Å²) in [7, 11) is 0. The Morgan fingerprint density at radius 2 is 2.14 bits per heavy atom. The standard InChI is InChI=1S/C10H12FN3/c11-7-1-2-9-6(3-7)4-10(14-9)8(13)5-12/h1-4,8,14H,5,12-13H2/t8-/m1/s1. The molecular weight excluding hydrogens is 181 g/mol. The average Bonchev–Trinajstić information content (AvgIpc) is 2.59. The zero-order valence-electron chi connectivity index (χ0n) is 7.63. The van der Waals surface area contributed by atoms with Crippen LogP contribution in [0.5, 0.6) is 0 Å². The molecule has 0 aliphatic heterocycles. The van der Waals surface area contributed by atoms with Gasteiger partial charge in [0.15, 0.2) is 0 Å². The van der Waals surface area contributed by atoms with Gasteiger partial charge in [0.05, 0.1) is 6.04 Å². The van der Waals surface area contributed by atoms with E-state index < -0.39 is 0 Å². The van der Waals surface area contributed by atoms with Gasteiger partial charge < -0.3 is 16.5 Å². The first-order valence-electron chi connectivity index (χ1n) is 4.44. The molecule has 3 nitrogen and oxygen atoms in total. The Bertz CT molecular complexity index is 450. The van der Waals surface area contributed by atoms with Crippen molar-refractivity contribution in [3.05, 3.63) is 35.8 Å². The van der Waals surface area contributed by atoms with E-state index in [4.69, 9.17) is 11.5 Å². The summed E-state index contributed by atoms with van der Waals surface area (Å²) in [6, 6.07) is 6.19. The van der Waals surface area contributed by atoms with Gasteiger partial charge in [-0.15, -0.1) is 0 Å². The number of fused-ring (bicyclic) bond motifs is 1. The monoisotopic (exact) mass is 193 g/mol. The topological polar surface area (TPSA) is 67.8 Å². The van der Waals surface area contributed by atoms with Crippen molar-refractivity contribution < 1.29 is 4.39 Å². The third-order valence-electron chi connectivity index (χ3n) is 2.26. The fraction of sp³-hybridized carbons (Fsp3) is 0.200. The first-order chi connectivity index (χ1) is 6.70. The Morgan fingerprint density at radius 3 is 2.86 bits per heavy atom. The molecule has 0 spiro atoms. The van der Waals surface area contributed by atoms with Crippen LogP contribution in [0.3, 0.4) is 0 Å². The van der Waals surface area contributed by atoms with Gasteiger partial charge in [0.2, 0.25) is 0 Å². The maximum atomic E-state index is 12.9. The summed E-state index contributed by atoms with van der Waals surface area (Å²) >= 11 is 0. The molecule has 0 bridgehead atoms. The summed E-state index contributed by atoms with van der Waals surface area (Å²) in [6.07, 6.45) is 0. The van der Waals surface area contributed by atoms with Crippen LogP contribution in [-0.4, -0.2) is 11.5 Å². The predicted molar refractivity (Wildman–Crippen MR) is 54.2 cm³/mol. The highest BCUT2D eigenvalue weighted by molar-refractivity contribution is 5.80. The molecule has 0 saturated heterocycles. The fourth-order valence-electron chi connectivity index (χ4n) is 1.45. The van der Waals surface area contributed by atoms with Crippen molar-refractivity contribution in [2.75, 3.05) is 6.54 Å². The summed E-state index contributed by atoms with van der Waals surface area (Å²) in [5, 5.41) is 0.823. The van der Waals surface area contributed by atoms with Crippen molar-refractivity contribution >= 4 is 10.9 Å². The van der Waals surface area contributed by atoms with E-state index in [-0.39, 0.29) is 11.9 Å². The van der Waals surface area contributed by atoms with E-state index in [1.807, 2.05) is 6.07 Å². The molecule has 2 aromatic rings. The molecule has 14 heavy (non-hydrogen) atoms. The molecular formula is C10H12FN3. The van der Waals surface area contributed by atoms with Crippen molar-refractivity contribution in [2.45, 2.75) is 6.04 Å². The molecule has 1 atom stereocenters. The van der Waals surface area contributed by atoms with Crippen LogP contribution in [0.25, 0.3) is 10.9 Å². The quantitative estimate of drug-likeness (QED) is 0.672. The molecule has 0 saturated carbocycles. The predicted octanol–water partition coefficient (Wildman–Crippen LogP) is 1.27. The van der Waals surface area contributed by atoms with E-state index in [1.165, 1.54) is 12.1 Å². The normalized spacial score (nSPS) is 13.4. The molecule has 4 heteroatoms. The summed E-state index contributed by atoms with van der Waals surface area (Å²) < 4.78 is 12.9. The van der Waals surface area contributed by atoms with E-state index in [0.717, 1.165) is 16.6 Å². The molecule has 2 rings (SSSR count). The number of aromatic amines is 1. The highest BCUT2D eigenvalue weighted by Crippen LogP contribution is 2.19. The van der Waals surface area contributed by atoms with Gasteiger partial charge in [0, 0.05) is 23.1 Å². The molecule has 0 fully saturated rings. The second-order valence-corrected chi connectivity index (χ2v) is 3.30. The van der Waals surface area contributed by atoms with Crippen molar-refractivity contribution in [3.8, 4) is 0 Å². The lowest BCUT2D eigenvalue weighted by Gasteiger charge is -2.03. The van der Waals surface area contributed by atoms with E-state index in [0.29, 0.717) is 6.54 Å². The van der Waals surface area contributed by atoms with Gasteiger partial charge in [-0.3, -0.25) is 0 Å². The molecule has 0 radical (unpaired) electrons. The Kier molecular flexibility index (Phi) is 2.23. The van der Waals surface area contributed by atoms with Crippen molar-refractivity contribution in [1.29, 1.82) is 0 Å². The Balaban J connectivity index is 2.51. The minimum atomic E-state index is -0.246. The number of aromatic nitrogens is 1. The second kappa shape index (κ2) is 3.40. The average molecular weight is 193 g/mol. The zero-order chi connectivity index (χ0) is 10.1. The lowest BCUT2D eigenvalue weighted by atomic mass is 10.2. The number of halogens is 1. The van der Waals surface area contributed by atoms with Crippen molar-refractivity contribution in [2.24, 2.45) is 11.5 Å². The van der Waals surface area contributed by atoms with E-state index in [1.54, 1.807) is 6.07 Å². The first-order valence-corrected chi connectivity index (χ1v) is 4.44. The lowest BCUT2D eigenvalue weighted by Crippen LogP contribution is -2.20. The Morgan fingerprint density at radius 1 is 1.36 bits per heavy atom. The molecule has 1 aromatic carbocycles. The maximum absolute atomic E-state index is 12.9. The molecule has 0 unspecified atom stereocenters. The molecule has 1 heterocycles. The molecule has 0 aliphatic carbocycles. The minimum Gasteiger partial charge on any atom is -0.357 e. The maximum Gasteiger partial charge on any atom is 0.123 e. The third-order valence-corrected chi connectivity index (χ3v) is 2.26. The fourth-order valence-corrected chi connectivity index (χ4v) is 1.45. The molecule has 74 valence electrons. The molecule has 1 aromatic heterocycles. The van der Waals surface area contributed by atoms with Crippen LogP contribution in [0.15, 0.2) is 24.3 Å². The van der Waals surface area contributed by atoms with Crippen LogP contribution >= 0.6 is 0 Å². The van der Waals surface area contributed by atoms with Crippen LogP contribution < -0.4 is 11.5 Å². The van der Waals surface area contributed by atoms with Gasteiger partial charge in [-0.2, -0.15) is 0 Å². The largest absolute Gasteiger partial charge is 0.357 e. The van der Waals surface area contributed by atoms with Gasteiger partial charge in [-0.1, -0.05) is 0 Å². The van der Waals surface area contributed by atoms with Gasteiger partial charge in [0.1, 0.15) is 5.82 Å². The first kappa shape index (κ1) is 9.18. The number of hydrogen-bond acceptors (Lipinski definition) is 2. The van der Waals surface area contributed by atoms with Gasteiger partial charge in [-0.25, -0.2) is 4.39 Å². The SMILES string of the molecule is NC[C@@H](N)c1cc2cc(F)ccc2[nH]1. The smallest absolute Gasteiger partial charge is 0.123 e. The molecule has 5 N–H and O–H groups in total. The van der Waals surface area contributed by atoms with Crippen LogP contribution in [0, 0.1) is 5.82 Å². The van der Waals surface area contributed by atoms with Crippen LogP contribution in [0.1, 0.15) is 11.7 Å². The number of hydrogen-bond donors (Lipinski definition) is 3. The second-order valence-electron chi connectivity index (χ2n) is 3.30. The van der Waals surface area contributed by atoms with E-state index in [9.17, 15) is 4.39 Å². The highest BCUT2D eigenvalue weighted by Gasteiger charge is 2.07. The zero-order valence-corrected chi connectivity index (χ0v) is 7.63. The lowest BCUT2D eigenvalue weighted by molar-refractivity contribution is 0.630. The Labute approximate surface area is 80.9 Å². The summed E-state index contributed by atoms with van der Waals surface area (Å²) in [5.74, 6) is -0.246. The number of H-pyrrole nitrogens is 1. The number of rotatable bonds is 2. The highest BCUT2D eigenvalue weighted by atomic mass is 19.1. The number of nitrogens with one attached hydrogen (secondary N) is 1. The van der Waals surface area contributed by atoms with Crippen LogP contribution in [-0.2, 0) is 0 Å². The van der Waals surface area contributed by atoms with E-state index in [2.05, 4.69) is 4.98 Å². The third kappa shape index (κ3) is 1.49. The van der Waals surface area contributed by atoms with Crippen molar-refractivity contribution in [3.63, 3.8) is 0 Å². The van der Waals surface area contributed by atoms with E-state index >= 15 is 0 Å². The summed E-state index contributed by atoms with van der Waals surface area (Å²) in [4.78, 5) is 3.10. The van der Waals surface area contributed by atoms with Crippen molar-refractivity contribution in [1.82, 2.24) is 4.98 Å². The van der Waals surface area contributed by atoms with Gasteiger partial charge in [-0.05, 0) is 24.3 Å². The summed E-state index contributed by atoms with van der Waals surface area (Å²) in [6.45, 7) is 0.370. The van der Waals surface area contributed by atoms with Gasteiger partial charge >= 0.3 is 0 Å². The summed E-state index contributed by atoms with van der Waals surface area (Å²) in [5.41, 5.74) is 12.9. The Hall–Kier alpha value is -1.39. The van der Waals surface area contributed by atoms with Crippen LogP contribution in [0.4, 0.5) is 4.39 Å². The molecule has 0 amide bonds. The minimum absolute atomic E-state index is 0.217. The molecule has 0 aliphatic rings. The van der Waals surface area contributed by atoms with Gasteiger partial charge in [0.25, 0.3) is 0 Å².